The number of carbonyl (C=O) groups is 3. The summed E-state index contributed by atoms with van der Waals surface area (Å²) in [6.45, 7) is 2.69. The molecule has 3 amide bonds. The van der Waals surface area contributed by atoms with Crippen LogP contribution in [0, 0.1) is 0 Å². The topological polar surface area (TPSA) is 86.4 Å². The van der Waals surface area contributed by atoms with Gasteiger partial charge in [-0.25, -0.2) is 0 Å². The van der Waals surface area contributed by atoms with Crippen molar-refractivity contribution in [3.63, 3.8) is 0 Å². The van der Waals surface area contributed by atoms with Crippen LogP contribution in [0.4, 0.5) is 0 Å². The molecular weight excluding hydrogens is 436 g/mol. The zero-order valence-corrected chi connectivity index (χ0v) is 19.7. The first-order valence-electron chi connectivity index (χ1n) is 11.1. The number of likely N-dealkylation sites (tertiary alicyclic amines) is 1. The first-order valence-corrected chi connectivity index (χ1v) is 12.0. The molecule has 8 heteroatoms. The predicted molar refractivity (Wildman–Crippen MR) is 126 cm³/mol. The molecule has 7 nitrogen and oxygen atoms in total. The number of imide groups is 1. The Labute approximate surface area is 197 Å². The third-order valence-corrected chi connectivity index (χ3v) is 6.97. The number of thiophene rings is 1. The Kier molecular flexibility index (Phi) is 6.74. The molecule has 2 aromatic heterocycles. The number of hydrogen-bond donors (Lipinski definition) is 1. The molecule has 1 N–H and O–H groups in total. The summed E-state index contributed by atoms with van der Waals surface area (Å²) in [6, 6.07) is 15.0. The number of nitrogens with zero attached hydrogens (tertiary/aromatic N) is 3. The number of aromatic amines is 1. The van der Waals surface area contributed by atoms with E-state index in [2.05, 4.69) is 17.1 Å². The number of rotatable bonds is 9. The van der Waals surface area contributed by atoms with Gasteiger partial charge in [-0.05, 0) is 29.5 Å². The second-order valence-corrected chi connectivity index (χ2v) is 9.58. The maximum atomic E-state index is 13.7. The number of H-pyrrole nitrogens is 1. The molecule has 1 aromatic carbocycles. The Bertz CT molecular complexity index is 1130. The molecule has 4 rings (SSSR count). The number of carbonyl (C=O) groups excluding carboxylic acids is 3. The average Bonchev–Trinajstić information content (AvgIpc) is 3.53. The van der Waals surface area contributed by atoms with Crippen LogP contribution in [0.2, 0.25) is 0 Å². The quantitative estimate of drug-likeness (QED) is 0.490. The van der Waals surface area contributed by atoms with E-state index in [9.17, 15) is 14.4 Å². The van der Waals surface area contributed by atoms with Gasteiger partial charge in [0, 0.05) is 24.8 Å². The summed E-state index contributed by atoms with van der Waals surface area (Å²) in [5.74, 6) is -0.740. The number of nitrogens with one attached hydrogen (secondary N) is 1. The van der Waals surface area contributed by atoms with E-state index in [0.717, 1.165) is 29.1 Å². The van der Waals surface area contributed by atoms with E-state index in [0.29, 0.717) is 12.1 Å². The van der Waals surface area contributed by atoms with Crippen LogP contribution in [0.1, 0.15) is 48.0 Å². The van der Waals surface area contributed by atoms with E-state index in [-0.39, 0.29) is 37.1 Å². The molecule has 1 fully saturated rings. The lowest BCUT2D eigenvalue weighted by Gasteiger charge is -2.29. The number of hydrogen-bond acceptors (Lipinski definition) is 5. The summed E-state index contributed by atoms with van der Waals surface area (Å²) in [5.41, 5.74) is 1.32. The van der Waals surface area contributed by atoms with E-state index in [1.807, 2.05) is 53.9 Å². The molecule has 33 heavy (non-hydrogen) atoms. The minimum atomic E-state index is -1.19. The van der Waals surface area contributed by atoms with E-state index in [4.69, 9.17) is 0 Å². The van der Waals surface area contributed by atoms with E-state index in [1.54, 1.807) is 11.9 Å². The summed E-state index contributed by atoms with van der Waals surface area (Å²) < 4.78 is 0. The Hall–Kier alpha value is -3.26. The van der Waals surface area contributed by atoms with Gasteiger partial charge >= 0.3 is 0 Å². The van der Waals surface area contributed by atoms with Gasteiger partial charge in [0.25, 0.3) is 0 Å². The van der Waals surface area contributed by atoms with Crippen LogP contribution in [-0.4, -0.2) is 44.8 Å². The fraction of sp³-hybridized carbons (Fsp3) is 0.360. The largest absolute Gasteiger partial charge is 0.340 e. The molecule has 0 spiro atoms. The van der Waals surface area contributed by atoms with Crippen molar-refractivity contribution in [3.05, 3.63) is 75.7 Å². The van der Waals surface area contributed by atoms with Crippen molar-refractivity contribution < 1.29 is 14.4 Å². The molecule has 0 unspecified atom stereocenters. The number of amides is 3. The fourth-order valence-electron chi connectivity index (χ4n) is 4.35. The lowest BCUT2D eigenvalue weighted by Crippen LogP contribution is -2.42. The van der Waals surface area contributed by atoms with Crippen molar-refractivity contribution in [2.24, 2.45) is 0 Å². The molecule has 1 aliphatic heterocycles. The Morgan fingerprint density at radius 1 is 1.21 bits per heavy atom. The zero-order chi connectivity index (χ0) is 23.4. The lowest BCUT2D eigenvalue weighted by atomic mass is 9.75. The SMILES string of the molecule is CCCc1cc(CN(C)C(=O)C[C@@]2(c3ccccc3)CC(=O)N(Cc3cccs3)C2=O)[nH]n1. The van der Waals surface area contributed by atoms with Crippen molar-refractivity contribution in [1.82, 2.24) is 20.0 Å². The van der Waals surface area contributed by atoms with Crippen molar-refractivity contribution >= 4 is 29.1 Å². The molecular formula is C25H28N4O3S. The second kappa shape index (κ2) is 9.70. The summed E-state index contributed by atoms with van der Waals surface area (Å²) >= 11 is 1.50. The first-order chi connectivity index (χ1) is 15.9. The molecule has 1 atom stereocenters. The smallest absolute Gasteiger partial charge is 0.241 e. The van der Waals surface area contributed by atoms with Gasteiger partial charge in [0.2, 0.25) is 17.7 Å². The van der Waals surface area contributed by atoms with Crippen molar-refractivity contribution in [3.8, 4) is 0 Å². The van der Waals surface area contributed by atoms with Gasteiger partial charge in [0.1, 0.15) is 0 Å². The van der Waals surface area contributed by atoms with Crippen molar-refractivity contribution in [2.45, 2.75) is 51.1 Å². The third-order valence-electron chi connectivity index (χ3n) is 6.11. The van der Waals surface area contributed by atoms with Crippen LogP contribution in [-0.2, 0) is 39.3 Å². The zero-order valence-electron chi connectivity index (χ0n) is 18.9. The molecule has 1 aliphatic rings. The molecule has 0 aliphatic carbocycles. The predicted octanol–water partition coefficient (Wildman–Crippen LogP) is 3.67. The maximum absolute atomic E-state index is 13.7. The number of aromatic nitrogens is 2. The lowest BCUT2D eigenvalue weighted by molar-refractivity contribution is -0.143. The minimum Gasteiger partial charge on any atom is -0.340 e. The highest BCUT2D eigenvalue weighted by Gasteiger charge is 2.53. The minimum absolute atomic E-state index is 0.00843. The second-order valence-electron chi connectivity index (χ2n) is 8.55. The normalized spacial score (nSPS) is 18.2. The van der Waals surface area contributed by atoms with Crippen molar-refractivity contribution in [2.75, 3.05) is 7.05 Å². The Morgan fingerprint density at radius 3 is 2.70 bits per heavy atom. The standard InChI is InChI=1S/C25H28N4O3S/c1-3-8-19-13-20(27-26-19)16-28(2)22(30)14-25(18-9-5-4-6-10-18)15-23(31)29(24(25)32)17-21-11-7-12-33-21/h4-7,9-13H,3,8,14-17H2,1-2H3,(H,26,27)/t25-/m0/s1. The summed E-state index contributed by atoms with van der Waals surface area (Å²) in [6.07, 6.45) is 1.80. The molecule has 0 radical (unpaired) electrons. The number of benzene rings is 1. The fourth-order valence-corrected chi connectivity index (χ4v) is 5.05. The Morgan fingerprint density at radius 2 is 2.00 bits per heavy atom. The van der Waals surface area contributed by atoms with Crippen LogP contribution in [0.3, 0.4) is 0 Å². The van der Waals surface area contributed by atoms with E-state index < -0.39 is 5.41 Å². The van der Waals surface area contributed by atoms with Crippen LogP contribution >= 0.6 is 11.3 Å². The van der Waals surface area contributed by atoms with E-state index in [1.165, 1.54) is 16.2 Å². The Balaban J connectivity index is 1.56. The first kappa shape index (κ1) is 22.9. The van der Waals surface area contributed by atoms with Gasteiger partial charge in [0.15, 0.2) is 0 Å². The van der Waals surface area contributed by atoms with Crippen LogP contribution in [0.15, 0.2) is 53.9 Å². The van der Waals surface area contributed by atoms with Gasteiger partial charge < -0.3 is 4.90 Å². The molecule has 172 valence electrons. The molecule has 0 bridgehead atoms. The summed E-state index contributed by atoms with van der Waals surface area (Å²) in [4.78, 5) is 43.8. The van der Waals surface area contributed by atoms with Gasteiger partial charge in [-0.15, -0.1) is 11.3 Å². The average molecular weight is 465 g/mol. The highest BCUT2D eigenvalue weighted by molar-refractivity contribution is 7.09. The van der Waals surface area contributed by atoms with Gasteiger partial charge in [-0.3, -0.25) is 24.4 Å². The van der Waals surface area contributed by atoms with Gasteiger partial charge in [-0.1, -0.05) is 49.7 Å². The maximum Gasteiger partial charge on any atom is 0.241 e. The monoisotopic (exact) mass is 464 g/mol. The van der Waals surface area contributed by atoms with Gasteiger partial charge in [0.05, 0.1) is 29.9 Å². The highest BCUT2D eigenvalue weighted by atomic mass is 32.1. The highest BCUT2D eigenvalue weighted by Crippen LogP contribution is 2.41. The van der Waals surface area contributed by atoms with E-state index >= 15 is 0 Å². The number of aryl methyl sites for hydroxylation is 1. The van der Waals surface area contributed by atoms with Crippen LogP contribution in [0.5, 0.6) is 0 Å². The summed E-state index contributed by atoms with van der Waals surface area (Å²) in [5, 5.41) is 9.19. The summed E-state index contributed by atoms with van der Waals surface area (Å²) in [7, 11) is 1.71. The third kappa shape index (κ3) is 4.75. The molecule has 1 saturated heterocycles. The van der Waals surface area contributed by atoms with Crippen molar-refractivity contribution in [1.29, 1.82) is 0 Å². The molecule has 0 saturated carbocycles. The van der Waals surface area contributed by atoms with Crippen LogP contribution < -0.4 is 0 Å². The molecule has 3 aromatic rings. The van der Waals surface area contributed by atoms with Gasteiger partial charge in [-0.2, -0.15) is 5.10 Å². The molecule has 3 heterocycles. The van der Waals surface area contributed by atoms with Crippen LogP contribution in [0.25, 0.3) is 0 Å².